The highest BCUT2D eigenvalue weighted by Gasteiger charge is 2.43. The van der Waals surface area contributed by atoms with Crippen LogP contribution in [0.2, 0.25) is 0 Å². The second kappa shape index (κ2) is 11.9. The molecule has 2 N–H and O–H groups in total. The number of nitrogens with zero attached hydrogens (tertiary/aromatic N) is 4. The van der Waals surface area contributed by atoms with Gasteiger partial charge in [0, 0.05) is 37.8 Å². The van der Waals surface area contributed by atoms with E-state index in [-0.39, 0.29) is 6.42 Å². The highest BCUT2D eigenvalue weighted by molar-refractivity contribution is 8.00. The van der Waals surface area contributed by atoms with Crippen molar-refractivity contribution in [1.29, 1.82) is 0 Å². The number of carboxylic acid groups (broad SMARTS) is 1. The Bertz CT molecular complexity index is 1680. The summed E-state index contributed by atoms with van der Waals surface area (Å²) in [6, 6.07) is 11.1. The summed E-state index contributed by atoms with van der Waals surface area (Å²) < 4.78 is 57.0. The number of anilines is 2. The number of nitrogens with one attached hydrogen (secondary N) is 1. The second-order valence-electron chi connectivity index (χ2n) is 10.6. The number of hydrogen-bond donors (Lipinski definition) is 2. The predicted octanol–water partition coefficient (Wildman–Crippen LogP) is 6.80. The van der Waals surface area contributed by atoms with E-state index in [0.717, 1.165) is 39.2 Å². The largest absolute Gasteiger partial charge is 0.481 e. The van der Waals surface area contributed by atoms with Crippen molar-refractivity contribution >= 4 is 46.2 Å². The van der Waals surface area contributed by atoms with Crippen LogP contribution in [0.4, 0.5) is 28.9 Å². The van der Waals surface area contributed by atoms with Crippen molar-refractivity contribution in [2.24, 2.45) is 18.9 Å². The van der Waals surface area contributed by atoms with Crippen molar-refractivity contribution in [1.82, 2.24) is 14.5 Å². The van der Waals surface area contributed by atoms with Crippen molar-refractivity contribution in [3.63, 3.8) is 0 Å². The van der Waals surface area contributed by atoms with Crippen LogP contribution >= 0.6 is 11.9 Å². The van der Waals surface area contributed by atoms with E-state index in [9.17, 15) is 32.3 Å². The summed E-state index contributed by atoms with van der Waals surface area (Å²) in [7, 11) is 3.82. The maximum atomic E-state index is 14.4. The Hall–Kier alpha value is -4.13. The van der Waals surface area contributed by atoms with E-state index in [1.54, 1.807) is 6.20 Å². The molecule has 0 bridgehead atoms. The van der Waals surface area contributed by atoms with Gasteiger partial charge in [0.2, 0.25) is 5.91 Å². The van der Waals surface area contributed by atoms with E-state index >= 15 is 0 Å². The lowest BCUT2D eigenvalue weighted by Gasteiger charge is -2.35. The molecular formula is C30H29F4N5O3S. The minimum Gasteiger partial charge on any atom is -0.481 e. The third-order valence-electron chi connectivity index (χ3n) is 7.95. The van der Waals surface area contributed by atoms with Crippen LogP contribution in [0.3, 0.4) is 0 Å². The van der Waals surface area contributed by atoms with E-state index in [0.29, 0.717) is 25.0 Å². The topological polar surface area (TPSA) is 100 Å². The van der Waals surface area contributed by atoms with Gasteiger partial charge < -0.3 is 19.3 Å². The number of imidazole rings is 1. The number of carboxylic acids is 1. The third kappa shape index (κ3) is 6.31. The van der Waals surface area contributed by atoms with Crippen molar-refractivity contribution < 1.29 is 32.3 Å². The number of rotatable bonds is 7. The molecular weight excluding hydrogens is 586 g/mol. The average Bonchev–Trinajstić information content (AvgIpc) is 3.25. The summed E-state index contributed by atoms with van der Waals surface area (Å²) in [5.41, 5.74) is 1.76. The minimum atomic E-state index is -4.73. The molecule has 1 amide bonds. The molecule has 43 heavy (non-hydrogen) atoms. The third-order valence-corrected chi connectivity index (χ3v) is 8.85. The normalized spacial score (nSPS) is 18.9. The number of alkyl halides is 3. The van der Waals surface area contributed by atoms with Crippen LogP contribution in [0, 0.1) is 24.6 Å². The van der Waals surface area contributed by atoms with Gasteiger partial charge in [-0.1, -0.05) is 18.6 Å². The molecule has 0 unspecified atom stereocenters. The van der Waals surface area contributed by atoms with Crippen LogP contribution in [0.5, 0.6) is 0 Å². The van der Waals surface area contributed by atoms with Gasteiger partial charge in [0.05, 0.1) is 40.3 Å². The zero-order valence-corrected chi connectivity index (χ0v) is 24.3. The van der Waals surface area contributed by atoms with Crippen LogP contribution in [-0.4, -0.2) is 38.6 Å². The summed E-state index contributed by atoms with van der Waals surface area (Å²) in [5, 5.41) is 13.2. The second-order valence-corrected chi connectivity index (χ2v) is 11.7. The highest BCUT2D eigenvalue weighted by Crippen LogP contribution is 2.43. The summed E-state index contributed by atoms with van der Waals surface area (Å²) in [6.07, 6.45) is -1.61. The van der Waals surface area contributed by atoms with Crippen molar-refractivity contribution in [2.75, 3.05) is 16.7 Å². The summed E-state index contributed by atoms with van der Waals surface area (Å²) in [6.45, 7) is 1.93. The number of carbonyl (C=O) groups is 2. The van der Waals surface area contributed by atoms with E-state index in [4.69, 9.17) is 0 Å². The first-order valence-electron chi connectivity index (χ1n) is 13.5. The molecule has 0 radical (unpaired) electrons. The molecule has 0 aliphatic heterocycles. The molecule has 0 spiro atoms. The molecule has 1 aliphatic carbocycles. The molecule has 0 saturated heterocycles. The number of carbonyl (C=O) groups excluding carboxylic acids is 1. The van der Waals surface area contributed by atoms with Crippen LogP contribution in [0.1, 0.15) is 42.1 Å². The van der Waals surface area contributed by atoms with Gasteiger partial charge in [-0.3, -0.25) is 9.59 Å². The zero-order chi connectivity index (χ0) is 31.1. The number of aromatic nitrogens is 3. The van der Waals surface area contributed by atoms with Gasteiger partial charge >= 0.3 is 12.1 Å². The maximum absolute atomic E-state index is 14.4. The maximum Gasteiger partial charge on any atom is 0.416 e. The van der Waals surface area contributed by atoms with E-state index in [2.05, 4.69) is 15.3 Å². The number of hydrogen-bond acceptors (Lipinski definition) is 6. The Labute approximate surface area is 249 Å². The fourth-order valence-corrected chi connectivity index (χ4v) is 6.36. The van der Waals surface area contributed by atoms with Gasteiger partial charge in [-0.2, -0.15) is 13.2 Å². The lowest BCUT2D eigenvalue weighted by Crippen LogP contribution is -2.40. The molecule has 1 aliphatic rings. The summed E-state index contributed by atoms with van der Waals surface area (Å²) in [5.74, 6) is -4.84. The van der Waals surface area contributed by atoms with Crippen LogP contribution in [-0.2, 0) is 22.8 Å². The first kappa shape index (κ1) is 30.3. The van der Waals surface area contributed by atoms with Gasteiger partial charge in [-0.05, 0) is 61.6 Å². The molecule has 3 atom stereocenters. The van der Waals surface area contributed by atoms with Crippen LogP contribution in [0.25, 0.3) is 11.0 Å². The van der Waals surface area contributed by atoms with Gasteiger partial charge in [-0.25, -0.2) is 14.4 Å². The molecule has 13 heteroatoms. The van der Waals surface area contributed by atoms with Gasteiger partial charge in [0.25, 0.3) is 0 Å². The van der Waals surface area contributed by atoms with E-state index < -0.39 is 52.9 Å². The smallest absolute Gasteiger partial charge is 0.416 e. The number of fused-ring (bicyclic) bond motifs is 1. The molecule has 2 aromatic heterocycles. The Morgan fingerprint density at radius 1 is 1.12 bits per heavy atom. The Kier molecular flexibility index (Phi) is 8.37. The molecule has 1 fully saturated rings. The van der Waals surface area contributed by atoms with Gasteiger partial charge in [0.15, 0.2) is 0 Å². The Morgan fingerprint density at radius 3 is 2.49 bits per heavy atom. The number of aliphatic carboxylic acids is 1. The van der Waals surface area contributed by atoms with Crippen LogP contribution in [0.15, 0.2) is 59.8 Å². The summed E-state index contributed by atoms with van der Waals surface area (Å²) >= 11 is 1.41. The molecule has 1 saturated carbocycles. The first-order chi connectivity index (χ1) is 20.3. The molecule has 4 aromatic rings. The lowest BCUT2D eigenvalue weighted by atomic mass is 9.69. The SMILES string of the molecule is Cc1nc2cc(SN(C)c3ccc([C@H]4CCC[C@@H](C(=O)Nc5ccc(C(F)(F)F)cc5F)[C@@H]4C(=O)O)cc3)ncc2n1C. The lowest BCUT2D eigenvalue weighted by molar-refractivity contribution is -0.148. The molecule has 2 aromatic carbocycles. The quantitative estimate of drug-likeness (QED) is 0.174. The number of aryl methyl sites for hydroxylation is 2. The van der Waals surface area contributed by atoms with Gasteiger partial charge in [0.1, 0.15) is 16.7 Å². The molecule has 8 nitrogen and oxygen atoms in total. The number of halogens is 4. The molecule has 5 rings (SSSR count). The van der Waals surface area contributed by atoms with E-state index in [1.165, 1.54) is 11.9 Å². The fourth-order valence-electron chi connectivity index (χ4n) is 5.59. The fraction of sp³-hybridized carbons (Fsp3) is 0.333. The zero-order valence-electron chi connectivity index (χ0n) is 23.5. The van der Waals surface area contributed by atoms with E-state index in [1.807, 2.05) is 60.2 Å². The standard InChI is InChI=1S/C30H29F4N5O3S/c1-16-36-24-14-26(35-15-25(24)38(16)2)43-39(3)19-10-7-17(8-11-19)20-5-4-6-21(27(20)29(41)42)28(40)37-23-12-9-18(13-22(23)31)30(32,33)34/h7-15,20-21,27H,4-6H2,1-3H3,(H,37,40)(H,41,42)/t20-,21-,27-/m1/s1. The monoisotopic (exact) mass is 615 g/mol. The van der Waals surface area contributed by atoms with Gasteiger partial charge in [-0.15, -0.1) is 0 Å². The Morgan fingerprint density at radius 2 is 1.84 bits per heavy atom. The minimum absolute atomic E-state index is 0.256. The average molecular weight is 616 g/mol. The van der Waals surface area contributed by atoms with Crippen molar-refractivity contribution in [2.45, 2.75) is 43.3 Å². The number of amides is 1. The van der Waals surface area contributed by atoms with Crippen molar-refractivity contribution in [3.8, 4) is 0 Å². The number of benzene rings is 2. The highest BCUT2D eigenvalue weighted by atomic mass is 32.2. The van der Waals surface area contributed by atoms with Crippen molar-refractivity contribution in [3.05, 3.63) is 77.5 Å². The molecule has 226 valence electrons. The molecule has 2 heterocycles. The number of pyridine rings is 1. The van der Waals surface area contributed by atoms with Crippen LogP contribution < -0.4 is 9.62 Å². The Balaban J connectivity index is 1.30. The first-order valence-corrected chi connectivity index (χ1v) is 14.3. The summed E-state index contributed by atoms with van der Waals surface area (Å²) in [4.78, 5) is 34.6. The predicted molar refractivity (Wildman–Crippen MR) is 155 cm³/mol.